The van der Waals surface area contributed by atoms with Crippen molar-refractivity contribution in [2.24, 2.45) is 5.92 Å². The lowest BCUT2D eigenvalue weighted by atomic mass is 9.93. The number of aromatic nitrogens is 3. The maximum atomic E-state index is 12.8. The van der Waals surface area contributed by atoms with Crippen molar-refractivity contribution in [2.75, 3.05) is 32.8 Å². The molecule has 3 aliphatic rings. The fraction of sp³-hybridized carbons (Fsp3) is 0.778. The lowest BCUT2D eigenvalue weighted by Crippen LogP contribution is -2.48. The van der Waals surface area contributed by atoms with Gasteiger partial charge in [-0.2, -0.15) is 0 Å². The highest BCUT2D eigenvalue weighted by atomic mass is 16.5. The molecule has 1 aromatic rings. The normalized spacial score (nSPS) is 25.6. The van der Waals surface area contributed by atoms with Crippen molar-refractivity contribution >= 4 is 11.8 Å². The minimum atomic E-state index is -0.251. The van der Waals surface area contributed by atoms with Gasteiger partial charge < -0.3 is 19.1 Å². The van der Waals surface area contributed by atoms with E-state index < -0.39 is 0 Å². The molecule has 3 saturated heterocycles. The Hall–Kier alpha value is -1.96. The predicted molar refractivity (Wildman–Crippen MR) is 93.2 cm³/mol. The summed E-state index contributed by atoms with van der Waals surface area (Å²) in [6.07, 6.45) is 8.48. The first-order chi connectivity index (χ1) is 12.7. The molecule has 0 saturated carbocycles. The van der Waals surface area contributed by atoms with Gasteiger partial charge in [0.2, 0.25) is 5.91 Å². The van der Waals surface area contributed by atoms with Crippen LogP contribution >= 0.6 is 0 Å². The van der Waals surface area contributed by atoms with Crippen LogP contribution in [-0.2, 0) is 14.3 Å². The molecule has 8 nitrogen and oxygen atoms in total. The molecule has 4 rings (SSSR count). The van der Waals surface area contributed by atoms with Crippen LogP contribution in [0.1, 0.15) is 44.6 Å². The van der Waals surface area contributed by atoms with Gasteiger partial charge in [0, 0.05) is 44.7 Å². The maximum absolute atomic E-state index is 12.8. The van der Waals surface area contributed by atoms with Gasteiger partial charge in [0.05, 0.1) is 0 Å². The quantitative estimate of drug-likeness (QED) is 0.798. The third kappa shape index (κ3) is 3.60. The molecule has 1 atom stereocenters. The van der Waals surface area contributed by atoms with Gasteiger partial charge in [-0.1, -0.05) is 0 Å². The Bertz CT molecular complexity index is 613. The molecular weight excluding hydrogens is 334 g/mol. The van der Waals surface area contributed by atoms with Gasteiger partial charge in [-0.15, -0.1) is 10.2 Å². The van der Waals surface area contributed by atoms with Crippen molar-refractivity contribution in [1.82, 2.24) is 24.6 Å². The summed E-state index contributed by atoms with van der Waals surface area (Å²) in [5.41, 5.74) is 0. The first-order valence-corrected chi connectivity index (χ1v) is 9.75. The van der Waals surface area contributed by atoms with Crippen LogP contribution in [0.25, 0.3) is 0 Å². The van der Waals surface area contributed by atoms with Gasteiger partial charge in [-0.05, 0) is 38.5 Å². The highest BCUT2D eigenvalue weighted by Crippen LogP contribution is 2.26. The molecule has 0 unspecified atom stereocenters. The van der Waals surface area contributed by atoms with Crippen molar-refractivity contribution in [3.05, 3.63) is 12.7 Å². The third-order valence-electron chi connectivity index (χ3n) is 6.00. The molecule has 8 heteroatoms. The van der Waals surface area contributed by atoms with E-state index in [9.17, 15) is 9.59 Å². The van der Waals surface area contributed by atoms with Crippen molar-refractivity contribution in [3.8, 4) is 0 Å². The zero-order valence-electron chi connectivity index (χ0n) is 15.1. The fourth-order valence-corrected chi connectivity index (χ4v) is 4.36. The summed E-state index contributed by atoms with van der Waals surface area (Å²) in [6.45, 7) is 3.61. The van der Waals surface area contributed by atoms with E-state index >= 15 is 0 Å². The van der Waals surface area contributed by atoms with E-state index in [4.69, 9.17) is 4.74 Å². The fourth-order valence-electron chi connectivity index (χ4n) is 4.36. The summed E-state index contributed by atoms with van der Waals surface area (Å²) >= 11 is 0. The van der Waals surface area contributed by atoms with Gasteiger partial charge >= 0.3 is 0 Å². The zero-order chi connectivity index (χ0) is 17.9. The molecule has 0 aliphatic carbocycles. The van der Waals surface area contributed by atoms with Gasteiger partial charge in [0.1, 0.15) is 18.8 Å². The standard InChI is InChI=1S/C18H27N5O3/c24-17(21-9-5-15(6-10-21)23-12-19-20-13-23)14-3-7-22(8-4-14)18(25)16-2-1-11-26-16/h12-16H,1-11H2/t16-/m0/s1. The molecule has 0 N–H and O–H groups in total. The second-order valence-corrected chi connectivity index (χ2v) is 7.57. The Kier molecular flexibility index (Phi) is 5.19. The van der Waals surface area contributed by atoms with E-state index in [1.807, 2.05) is 14.4 Å². The monoisotopic (exact) mass is 361 g/mol. The number of carbonyl (C=O) groups excluding carboxylic acids is 2. The lowest BCUT2D eigenvalue weighted by Gasteiger charge is -2.37. The Morgan fingerprint density at radius 1 is 0.846 bits per heavy atom. The van der Waals surface area contributed by atoms with Gasteiger partial charge in [-0.25, -0.2) is 0 Å². The number of amides is 2. The van der Waals surface area contributed by atoms with Crippen LogP contribution in [0.5, 0.6) is 0 Å². The van der Waals surface area contributed by atoms with Crippen LogP contribution < -0.4 is 0 Å². The van der Waals surface area contributed by atoms with Crippen LogP contribution in [0.15, 0.2) is 12.7 Å². The molecule has 2 amide bonds. The van der Waals surface area contributed by atoms with Gasteiger partial charge in [0.25, 0.3) is 5.91 Å². The van der Waals surface area contributed by atoms with Crippen LogP contribution in [-0.4, -0.2) is 75.3 Å². The van der Waals surface area contributed by atoms with E-state index in [0.717, 1.165) is 51.6 Å². The van der Waals surface area contributed by atoms with Gasteiger partial charge in [-0.3, -0.25) is 9.59 Å². The molecule has 26 heavy (non-hydrogen) atoms. The zero-order valence-corrected chi connectivity index (χ0v) is 15.1. The third-order valence-corrected chi connectivity index (χ3v) is 6.00. The second kappa shape index (κ2) is 7.73. The smallest absolute Gasteiger partial charge is 0.251 e. The summed E-state index contributed by atoms with van der Waals surface area (Å²) in [5.74, 6) is 0.426. The summed E-state index contributed by atoms with van der Waals surface area (Å²) in [7, 11) is 0. The molecule has 3 aliphatic heterocycles. The molecule has 0 aromatic carbocycles. The van der Waals surface area contributed by atoms with E-state index in [1.165, 1.54) is 0 Å². The Morgan fingerprint density at radius 2 is 1.46 bits per heavy atom. The van der Waals surface area contributed by atoms with Crippen LogP contribution in [0.4, 0.5) is 0 Å². The highest BCUT2D eigenvalue weighted by molar-refractivity contribution is 5.82. The molecule has 4 heterocycles. The number of ether oxygens (including phenoxy) is 1. The molecule has 3 fully saturated rings. The number of nitrogens with zero attached hydrogens (tertiary/aromatic N) is 5. The van der Waals surface area contributed by atoms with Crippen molar-refractivity contribution in [1.29, 1.82) is 0 Å². The molecule has 0 spiro atoms. The molecule has 1 aromatic heterocycles. The van der Waals surface area contributed by atoms with E-state index in [1.54, 1.807) is 12.7 Å². The number of hydrogen-bond acceptors (Lipinski definition) is 5. The number of carbonyl (C=O) groups is 2. The van der Waals surface area contributed by atoms with E-state index in [2.05, 4.69) is 10.2 Å². The number of hydrogen-bond donors (Lipinski definition) is 0. The lowest BCUT2D eigenvalue weighted by molar-refractivity contribution is -0.146. The van der Waals surface area contributed by atoms with Crippen molar-refractivity contribution in [2.45, 2.75) is 50.7 Å². The predicted octanol–water partition coefficient (Wildman–Crippen LogP) is 0.859. The number of likely N-dealkylation sites (tertiary alicyclic amines) is 2. The van der Waals surface area contributed by atoms with Crippen LogP contribution in [0, 0.1) is 5.92 Å². The summed E-state index contributed by atoms with van der Waals surface area (Å²) in [4.78, 5) is 29.2. The largest absolute Gasteiger partial charge is 0.368 e. The average Bonchev–Trinajstić information content (AvgIpc) is 3.41. The van der Waals surface area contributed by atoms with Crippen LogP contribution in [0.2, 0.25) is 0 Å². The minimum absolute atomic E-state index is 0.0509. The minimum Gasteiger partial charge on any atom is -0.368 e. The highest BCUT2D eigenvalue weighted by Gasteiger charge is 2.35. The topological polar surface area (TPSA) is 80.6 Å². The van der Waals surface area contributed by atoms with Gasteiger partial charge in [0.15, 0.2) is 0 Å². The Labute approximate surface area is 153 Å². The Balaban J connectivity index is 1.24. The molecule has 0 radical (unpaired) electrons. The summed E-state index contributed by atoms with van der Waals surface area (Å²) in [5, 5.41) is 7.73. The molecule has 142 valence electrons. The SMILES string of the molecule is O=C(C1CCN(C(=O)[C@@H]2CCCO2)CC1)N1CCC(n2cnnc2)CC1. The number of piperidine rings is 2. The second-order valence-electron chi connectivity index (χ2n) is 7.57. The van der Waals surface area contributed by atoms with Crippen molar-refractivity contribution in [3.63, 3.8) is 0 Å². The average molecular weight is 361 g/mol. The summed E-state index contributed by atoms with van der Waals surface area (Å²) < 4.78 is 7.54. The molecule has 0 bridgehead atoms. The number of rotatable bonds is 3. The molecular formula is C18H27N5O3. The maximum Gasteiger partial charge on any atom is 0.251 e. The van der Waals surface area contributed by atoms with E-state index in [-0.39, 0.29) is 23.8 Å². The first-order valence-electron chi connectivity index (χ1n) is 9.75. The summed E-state index contributed by atoms with van der Waals surface area (Å²) in [6, 6.07) is 0.389. The Morgan fingerprint density at radius 3 is 2.08 bits per heavy atom. The van der Waals surface area contributed by atoms with Crippen LogP contribution in [0.3, 0.4) is 0 Å². The van der Waals surface area contributed by atoms with E-state index in [0.29, 0.717) is 25.7 Å². The first kappa shape index (κ1) is 17.5. The van der Waals surface area contributed by atoms with Crippen molar-refractivity contribution < 1.29 is 14.3 Å².